The summed E-state index contributed by atoms with van der Waals surface area (Å²) in [5, 5.41) is 16.3. The summed E-state index contributed by atoms with van der Waals surface area (Å²) in [7, 11) is 0. The highest BCUT2D eigenvalue weighted by molar-refractivity contribution is 6.33. The molecular formula is C22H20Cl2FN5O3. The van der Waals surface area contributed by atoms with E-state index in [2.05, 4.69) is 5.10 Å². The van der Waals surface area contributed by atoms with Crippen LogP contribution < -0.4 is 4.90 Å². The highest BCUT2D eigenvalue weighted by Gasteiger charge is 2.30. The van der Waals surface area contributed by atoms with E-state index in [9.17, 15) is 19.3 Å². The molecule has 1 aromatic heterocycles. The van der Waals surface area contributed by atoms with E-state index in [-0.39, 0.29) is 22.6 Å². The third-order valence-corrected chi connectivity index (χ3v) is 6.19. The predicted octanol–water partition coefficient (Wildman–Crippen LogP) is 4.56. The summed E-state index contributed by atoms with van der Waals surface area (Å²) < 4.78 is 14.7. The lowest BCUT2D eigenvalue weighted by molar-refractivity contribution is -0.384. The number of halogens is 3. The molecule has 1 fully saturated rings. The smallest absolute Gasteiger partial charge is 0.294 e. The molecule has 0 aliphatic carbocycles. The molecule has 172 valence electrons. The second-order valence-corrected chi connectivity index (χ2v) is 8.50. The molecule has 3 aromatic rings. The van der Waals surface area contributed by atoms with Gasteiger partial charge in [-0.15, -0.1) is 0 Å². The average molecular weight is 492 g/mol. The Morgan fingerprint density at radius 2 is 1.79 bits per heavy atom. The summed E-state index contributed by atoms with van der Waals surface area (Å²) in [6, 6.07) is 10.6. The van der Waals surface area contributed by atoms with E-state index in [4.69, 9.17) is 23.2 Å². The van der Waals surface area contributed by atoms with E-state index >= 15 is 0 Å². The number of hydrogen-bond donors (Lipinski definition) is 0. The second-order valence-electron chi connectivity index (χ2n) is 7.70. The number of carbonyl (C=O) groups is 1. The van der Waals surface area contributed by atoms with Gasteiger partial charge in [0.1, 0.15) is 16.7 Å². The first-order valence-corrected chi connectivity index (χ1v) is 11.0. The van der Waals surface area contributed by atoms with Crippen LogP contribution in [0.25, 0.3) is 0 Å². The van der Waals surface area contributed by atoms with Crippen molar-refractivity contribution in [3.05, 3.63) is 85.4 Å². The molecule has 8 nitrogen and oxygen atoms in total. The number of anilines is 1. The van der Waals surface area contributed by atoms with E-state index < -0.39 is 4.92 Å². The molecule has 33 heavy (non-hydrogen) atoms. The van der Waals surface area contributed by atoms with E-state index in [1.54, 1.807) is 36.1 Å². The molecule has 4 rings (SSSR count). The first-order chi connectivity index (χ1) is 15.7. The van der Waals surface area contributed by atoms with Crippen LogP contribution in [-0.4, -0.2) is 51.7 Å². The number of carbonyl (C=O) groups excluding carboxylic acids is 1. The van der Waals surface area contributed by atoms with Crippen molar-refractivity contribution in [1.82, 2.24) is 14.7 Å². The number of benzene rings is 2. The number of aromatic nitrogens is 2. The summed E-state index contributed by atoms with van der Waals surface area (Å²) in [6.45, 7) is 3.62. The van der Waals surface area contributed by atoms with Crippen molar-refractivity contribution in [2.24, 2.45) is 0 Å². The van der Waals surface area contributed by atoms with Crippen molar-refractivity contribution in [2.75, 3.05) is 31.1 Å². The summed E-state index contributed by atoms with van der Waals surface area (Å²) in [6.07, 6.45) is 0. The average Bonchev–Trinajstić information content (AvgIpc) is 3.07. The van der Waals surface area contributed by atoms with Crippen LogP contribution in [0.2, 0.25) is 10.2 Å². The fourth-order valence-corrected chi connectivity index (χ4v) is 4.36. The van der Waals surface area contributed by atoms with Crippen LogP contribution in [0.3, 0.4) is 0 Å². The van der Waals surface area contributed by atoms with E-state index in [0.29, 0.717) is 54.7 Å². The molecule has 1 saturated heterocycles. The first kappa shape index (κ1) is 23.0. The van der Waals surface area contributed by atoms with Gasteiger partial charge in [-0.2, -0.15) is 5.10 Å². The van der Waals surface area contributed by atoms with Gasteiger partial charge < -0.3 is 9.80 Å². The maximum absolute atomic E-state index is 13.2. The number of nitro benzene ring substituents is 1. The number of hydrogen-bond acceptors (Lipinski definition) is 5. The fraction of sp³-hybridized carbons (Fsp3) is 0.273. The SMILES string of the molecule is Cc1nn(Cc2ccc(F)cc2)c(Cl)c1C(=O)N1CCN(c2ccc(Cl)cc2[N+](=O)[O-])CC1. The zero-order chi connectivity index (χ0) is 23.7. The largest absolute Gasteiger partial charge is 0.362 e. The monoisotopic (exact) mass is 491 g/mol. The molecule has 1 aliphatic rings. The summed E-state index contributed by atoms with van der Waals surface area (Å²) in [5.41, 5.74) is 2.03. The highest BCUT2D eigenvalue weighted by Crippen LogP contribution is 2.32. The van der Waals surface area contributed by atoms with E-state index in [1.807, 2.05) is 4.90 Å². The minimum Gasteiger partial charge on any atom is -0.362 e. The van der Waals surface area contributed by atoms with Crippen molar-refractivity contribution < 1.29 is 14.1 Å². The van der Waals surface area contributed by atoms with Crippen LogP contribution in [0.4, 0.5) is 15.8 Å². The number of aryl methyl sites for hydroxylation is 1. The molecule has 0 unspecified atom stereocenters. The minimum absolute atomic E-state index is 0.0664. The Hall–Kier alpha value is -3.17. The van der Waals surface area contributed by atoms with Gasteiger partial charge in [0.2, 0.25) is 0 Å². The van der Waals surface area contributed by atoms with Crippen molar-refractivity contribution in [3.63, 3.8) is 0 Å². The number of piperazine rings is 1. The van der Waals surface area contributed by atoms with Gasteiger partial charge in [-0.1, -0.05) is 35.3 Å². The Balaban J connectivity index is 1.48. The maximum atomic E-state index is 13.2. The Morgan fingerprint density at radius 1 is 1.12 bits per heavy atom. The van der Waals surface area contributed by atoms with Crippen molar-refractivity contribution in [3.8, 4) is 0 Å². The van der Waals surface area contributed by atoms with Gasteiger partial charge >= 0.3 is 0 Å². The topological polar surface area (TPSA) is 84.5 Å². The van der Waals surface area contributed by atoms with Gasteiger partial charge in [-0.25, -0.2) is 9.07 Å². The Bertz CT molecular complexity index is 1210. The Kier molecular flexibility index (Phi) is 6.53. The van der Waals surface area contributed by atoms with Gasteiger partial charge in [-0.05, 0) is 36.8 Å². The van der Waals surface area contributed by atoms with Crippen LogP contribution in [-0.2, 0) is 6.54 Å². The normalized spacial score (nSPS) is 13.9. The van der Waals surface area contributed by atoms with Gasteiger partial charge in [0.05, 0.1) is 22.7 Å². The predicted molar refractivity (Wildman–Crippen MR) is 124 cm³/mol. The van der Waals surface area contributed by atoms with Gasteiger partial charge in [0, 0.05) is 37.3 Å². The highest BCUT2D eigenvalue weighted by atomic mass is 35.5. The summed E-state index contributed by atoms with van der Waals surface area (Å²) >= 11 is 12.4. The van der Waals surface area contributed by atoms with E-state index in [0.717, 1.165) is 5.56 Å². The van der Waals surface area contributed by atoms with Crippen LogP contribution in [0.15, 0.2) is 42.5 Å². The Labute approximate surface area is 199 Å². The van der Waals surface area contributed by atoms with Crippen molar-refractivity contribution in [2.45, 2.75) is 13.5 Å². The number of amides is 1. The summed E-state index contributed by atoms with van der Waals surface area (Å²) in [4.78, 5) is 27.7. The molecule has 11 heteroatoms. The van der Waals surface area contributed by atoms with Crippen molar-refractivity contribution >= 4 is 40.5 Å². The van der Waals surface area contributed by atoms with Crippen LogP contribution in [0.1, 0.15) is 21.6 Å². The maximum Gasteiger partial charge on any atom is 0.294 e. The number of nitrogens with zero attached hydrogens (tertiary/aromatic N) is 5. The first-order valence-electron chi connectivity index (χ1n) is 10.2. The minimum atomic E-state index is -0.461. The second kappa shape index (κ2) is 9.36. The standard InChI is InChI=1S/C22H20Cl2FN5O3/c1-14-20(21(24)29(26-14)13-15-2-5-17(25)6-3-15)22(31)28-10-8-27(9-11-28)18-7-4-16(23)12-19(18)30(32)33/h2-7,12H,8-11,13H2,1H3. The van der Waals surface area contributed by atoms with Gasteiger partial charge in [0.15, 0.2) is 0 Å². The lowest BCUT2D eigenvalue weighted by atomic mass is 10.2. The van der Waals surface area contributed by atoms with Crippen molar-refractivity contribution in [1.29, 1.82) is 0 Å². The Morgan fingerprint density at radius 3 is 2.42 bits per heavy atom. The quantitative estimate of drug-likeness (QED) is 0.385. The molecule has 1 amide bonds. The zero-order valence-electron chi connectivity index (χ0n) is 17.7. The molecule has 2 aromatic carbocycles. The third kappa shape index (κ3) is 4.79. The fourth-order valence-electron chi connectivity index (χ4n) is 3.88. The molecule has 2 heterocycles. The van der Waals surface area contributed by atoms with E-state index in [1.165, 1.54) is 22.9 Å². The van der Waals surface area contributed by atoms with Gasteiger partial charge in [0.25, 0.3) is 11.6 Å². The summed E-state index contributed by atoms with van der Waals surface area (Å²) in [5.74, 6) is -0.575. The molecule has 0 bridgehead atoms. The van der Waals surface area contributed by atoms with Crippen LogP contribution in [0, 0.1) is 22.9 Å². The zero-order valence-corrected chi connectivity index (χ0v) is 19.2. The molecule has 0 saturated carbocycles. The van der Waals surface area contributed by atoms with Crippen LogP contribution >= 0.6 is 23.2 Å². The molecule has 0 radical (unpaired) electrons. The third-order valence-electron chi connectivity index (χ3n) is 5.57. The van der Waals surface area contributed by atoms with Crippen LogP contribution in [0.5, 0.6) is 0 Å². The number of nitro groups is 1. The molecule has 0 atom stereocenters. The molecular weight excluding hydrogens is 472 g/mol. The lowest BCUT2D eigenvalue weighted by Crippen LogP contribution is -2.49. The van der Waals surface area contributed by atoms with Gasteiger partial charge in [-0.3, -0.25) is 14.9 Å². The molecule has 0 spiro atoms. The lowest BCUT2D eigenvalue weighted by Gasteiger charge is -2.35. The number of rotatable bonds is 5. The molecule has 1 aliphatic heterocycles. The molecule has 0 N–H and O–H groups in total.